The van der Waals surface area contributed by atoms with E-state index in [1.54, 1.807) is 0 Å². The molecule has 1 aromatic heterocycles. The van der Waals surface area contributed by atoms with Crippen molar-refractivity contribution in [3.8, 4) is 0 Å². The van der Waals surface area contributed by atoms with E-state index in [9.17, 15) is 0 Å². The fraction of sp³-hybridized carbons (Fsp3) is 0.267. The van der Waals surface area contributed by atoms with E-state index in [2.05, 4.69) is 29.3 Å². The fourth-order valence-electron chi connectivity index (χ4n) is 2.44. The molecule has 1 atom stereocenters. The first-order valence-electron chi connectivity index (χ1n) is 6.14. The van der Waals surface area contributed by atoms with Gasteiger partial charge >= 0.3 is 0 Å². The molecule has 3 rings (SSSR count). The molecule has 1 unspecified atom stereocenters. The van der Waals surface area contributed by atoms with Gasteiger partial charge in [-0.15, -0.1) is 0 Å². The molecule has 2 heteroatoms. The maximum absolute atomic E-state index is 5.98. The summed E-state index contributed by atoms with van der Waals surface area (Å²) in [6, 6.07) is 10.6. The van der Waals surface area contributed by atoms with E-state index in [1.165, 1.54) is 22.9 Å². The van der Waals surface area contributed by atoms with Gasteiger partial charge in [0.15, 0.2) is 0 Å². The lowest BCUT2D eigenvalue weighted by Crippen LogP contribution is -2.20. The Kier molecular flexibility index (Phi) is 2.65. The number of nitrogens with two attached hydrogens (primary N) is 1. The smallest absolute Gasteiger partial charge is 0.0702 e. The highest BCUT2D eigenvalue weighted by molar-refractivity contribution is 5.82. The standard InChI is InChI=1S/C15H16N2/c16-14-6-3-5-11(9-14)13-8-12-4-1-2-7-15(12)17-10-13/h1-2,4,7-10,14H,3,5-6,16H2. The molecule has 17 heavy (non-hydrogen) atoms. The van der Waals surface area contributed by atoms with Crippen LogP contribution in [0.3, 0.4) is 0 Å². The maximum Gasteiger partial charge on any atom is 0.0702 e. The van der Waals surface area contributed by atoms with Gasteiger partial charge in [0.25, 0.3) is 0 Å². The number of aromatic nitrogens is 1. The average molecular weight is 224 g/mol. The van der Waals surface area contributed by atoms with Crippen LogP contribution < -0.4 is 5.73 Å². The van der Waals surface area contributed by atoms with Gasteiger partial charge in [-0.25, -0.2) is 0 Å². The summed E-state index contributed by atoms with van der Waals surface area (Å²) in [6.07, 6.45) is 7.56. The summed E-state index contributed by atoms with van der Waals surface area (Å²) in [5.41, 5.74) is 9.60. The van der Waals surface area contributed by atoms with E-state index < -0.39 is 0 Å². The van der Waals surface area contributed by atoms with E-state index >= 15 is 0 Å². The minimum atomic E-state index is 0.213. The molecular weight excluding hydrogens is 208 g/mol. The Hall–Kier alpha value is -1.67. The van der Waals surface area contributed by atoms with E-state index in [0.29, 0.717) is 0 Å². The molecule has 2 N–H and O–H groups in total. The van der Waals surface area contributed by atoms with Crippen LogP contribution in [0, 0.1) is 0 Å². The van der Waals surface area contributed by atoms with Crippen LogP contribution in [0.2, 0.25) is 0 Å². The van der Waals surface area contributed by atoms with Gasteiger partial charge in [-0.3, -0.25) is 4.98 Å². The molecule has 86 valence electrons. The fourth-order valence-corrected chi connectivity index (χ4v) is 2.44. The second-order valence-electron chi connectivity index (χ2n) is 4.66. The van der Waals surface area contributed by atoms with Crippen LogP contribution in [0.5, 0.6) is 0 Å². The average Bonchev–Trinajstić information content (AvgIpc) is 2.38. The number of fused-ring (bicyclic) bond motifs is 1. The summed E-state index contributed by atoms with van der Waals surface area (Å²) in [5.74, 6) is 0. The van der Waals surface area contributed by atoms with Crippen LogP contribution in [-0.4, -0.2) is 11.0 Å². The minimum absolute atomic E-state index is 0.213. The van der Waals surface area contributed by atoms with Crippen LogP contribution in [0.25, 0.3) is 16.5 Å². The van der Waals surface area contributed by atoms with Crippen molar-refractivity contribution in [2.45, 2.75) is 25.3 Å². The Morgan fingerprint density at radius 1 is 1.24 bits per heavy atom. The number of rotatable bonds is 1. The van der Waals surface area contributed by atoms with Crippen molar-refractivity contribution in [2.75, 3.05) is 0 Å². The van der Waals surface area contributed by atoms with Crippen molar-refractivity contribution in [1.82, 2.24) is 4.98 Å². The summed E-state index contributed by atoms with van der Waals surface area (Å²) in [6.45, 7) is 0. The second-order valence-corrected chi connectivity index (χ2v) is 4.66. The van der Waals surface area contributed by atoms with Crippen molar-refractivity contribution in [1.29, 1.82) is 0 Å². The molecule has 0 radical (unpaired) electrons. The summed E-state index contributed by atoms with van der Waals surface area (Å²) in [4.78, 5) is 4.50. The number of pyridine rings is 1. The number of hydrogen-bond acceptors (Lipinski definition) is 2. The first-order chi connectivity index (χ1) is 8.33. The minimum Gasteiger partial charge on any atom is -0.324 e. The van der Waals surface area contributed by atoms with Gasteiger partial charge in [0, 0.05) is 17.6 Å². The molecule has 0 amide bonds. The van der Waals surface area contributed by atoms with Gasteiger partial charge in [-0.05, 0) is 42.5 Å². The molecule has 2 nitrogen and oxygen atoms in total. The Morgan fingerprint density at radius 3 is 3.00 bits per heavy atom. The van der Waals surface area contributed by atoms with Crippen LogP contribution in [0.15, 0.2) is 42.6 Å². The predicted molar refractivity (Wildman–Crippen MR) is 71.5 cm³/mol. The first-order valence-corrected chi connectivity index (χ1v) is 6.14. The lowest BCUT2D eigenvalue weighted by Gasteiger charge is -2.18. The normalized spacial score (nSPS) is 20.3. The third-order valence-corrected chi connectivity index (χ3v) is 3.36. The molecule has 0 fully saturated rings. The lowest BCUT2D eigenvalue weighted by molar-refractivity contribution is 0.654. The zero-order valence-corrected chi connectivity index (χ0v) is 9.76. The SMILES string of the molecule is NC1C=C(c2cnc3ccccc3c2)CCC1. The summed E-state index contributed by atoms with van der Waals surface area (Å²) in [7, 11) is 0. The largest absolute Gasteiger partial charge is 0.324 e. The van der Waals surface area contributed by atoms with Crippen molar-refractivity contribution < 1.29 is 0 Å². The third-order valence-electron chi connectivity index (χ3n) is 3.36. The van der Waals surface area contributed by atoms with Crippen molar-refractivity contribution >= 4 is 16.5 Å². The van der Waals surface area contributed by atoms with E-state index in [1.807, 2.05) is 18.3 Å². The molecule has 0 bridgehead atoms. The molecule has 0 saturated heterocycles. The van der Waals surface area contributed by atoms with Gasteiger partial charge in [-0.1, -0.05) is 24.3 Å². The second kappa shape index (κ2) is 4.30. The lowest BCUT2D eigenvalue weighted by atomic mass is 9.92. The van der Waals surface area contributed by atoms with E-state index in [-0.39, 0.29) is 6.04 Å². The number of allylic oxidation sites excluding steroid dienone is 1. The Labute approximate surface area is 101 Å². The first kappa shape index (κ1) is 10.5. The zero-order valence-electron chi connectivity index (χ0n) is 9.76. The quantitative estimate of drug-likeness (QED) is 0.808. The van der Waals surface area contributed by atoms with Crippen LogP contribution >= 0.6 is 0 Å². The molecule has 0 spiro atoms. The van der Waals surface area contributed by atoms with Crippen molar-refractivity contribution in [3.63, 3.8) is 0 Å². The van der Waals surface area contributed by atoms with Gasteiger partial charge in [0.1, 0.15) is 0 Å². The Bertz CT molecular complexity index is 572. The Morgan fingerprint density at radius 2 is 2.12 bits per heavy atom. The number of nitrogens with zero attached hydrogens (tertiary/aromatic N) is 1. The summed E-state index contributed by atoms with van der Waals surface area (Å²) >= 11 is 0. The number of hydrogen-bond donors (Lipinski definition) is 1. The summed E-state index contributed by atoms with van der Waals surface area (Å²) < 4.78 is 0. The van der Waals surface area contributed by atoms with Gasteiger partial charge in [0.2, 0.25) is 0 Å². The molecular formula is C15H16N2. The monoisotopic (exact) mass is 224 g/mol. The topological polar surface area (TPSA) is 38.9 Å². The van der Waals surface area contributed by atoms with Crippen LogP contribution in [0.1, 0.15) is 24.8 Å². The highest BCUT2D eigenvalue weighted by atomic mass is 14.7. The molecule has 0 saturated carbocycles. The van der Waals surface area contributed by atoms with Gasteiger partial charge in [-0.2, -0.15) is 0 Å². The van der Waals surface area contributed by atoms with E-state index in [0.717, 1.165) is 18.4 Å². The zero-order chi connectivity index (χ0) is 11.7. The molecule has 1 aliphatic rings. The predicted octanol–water partition coefficient (Wildman–Crippen LogP) is 3.13. The van der Waals surface area contributed by atoms with E-state index in [4.69, 9.17) is 5.73 Å². The van der Waals surface area contributed by atoms with Gasteiger partial charge < -0.3 is 5.73 Å². The molecule has 2 aromatic rings. The number of para-hydroxylation sites is 1. The van der Waals surface area contributed by atoms with Crippen molar-refractivity contribution in [3.05, 3.63) is 48.2 Å². The maximum atomic E-state index is 5.98. The molecule has 1 aliphatic carbocycles. The van der Waals surface area contributed by atoms with Crippen LogP contribution in [-0.2, 0) is 0 Å². The van der Waals surface area contributed by atoms with Gasteiger partial charge in [0.05, 0.1) is 5.52 Å². The highest BCUT2D eigenvalue weighted by Gasteiger charge is 2.11. The molecule has 1 aromatic carbocycles. The molecule has 1 heterocycles. The Balaban J connectivity index is 2.06. The number of benzene rings is 1. The van der Waals surface area contributed by atoms with Crippen molar-refractivity contribution in [2.24, 2.45) is 5.73 Å². The van der Waals surface area contributed by atoms with Crippen LogP contribution in [0.4, 0.5) is 0 Å². The molecule has 0 aliphatic heterocycles. The highest BCUT2D eigenvalue weighted by Crippen LogP contribution is 2.27. The third kappa shape index (κ3) is 2.08. The summed E-state index contributed by atoms with van der Waals surface area (Å²) in [5, 5.41) is 1.20.